The Morgan fingerprint density at radius 1 is 1.53 bits per heavy atom. The summed E-state index contributed by atoms with van der Waals surface area (Å²) in [5, 5.41) is 12.3. The Balaban J connectivity index is 2.55. The molecule has 0 fully saturated rings. The summed E-state index contributed by atoms with van der Waals surface area (Å²) < 4.78 is 2.12. The summed E-state index contributed by atoms with van der Waals surface area (Å²) in [4.78, 5) is 4.33. The van der Waals surface area contributed by atoms with Crippen LogP contribution in [0, 0.1) is 16.7 Å². The van der Waals surface area contributed by atoms with Gasteiger partial charge in [-0.3, -0.25) is 0 Å². The Morgan fingerprint density at radius 3 is 2.82 bits per heavy atom. The second kappa shape index (κ2) is 5.83. The summed E-state index contributed by atoms with van der Waals surface area (Å²) in [5.41, 5.74) is -0.271. The zero-order valence-corrected chi connectivity index (χ0v) is 11.2. The molecule has 0 spiro atoms. The molecule has 1 aromatic heterocycles. The van der Waals surface area contributed by atoms with E-state index in [9.17, 15) is 0 Å². The second-order valence-corrected chi connectivity index (χ2v) is 5.32. The molecule has 17 heavy (non-hydrogen) atoms. The van der Waals surface area contributed by atoms with E-state index in [1.54, 1.807) is 0 Å². The molecule has 0 bridgehead atoms. The van der Waals surface area contributed by atoms with Crippen molar-refractivity contribution in [1.29, 1.82) is 5.26 Å². The van der Waals surface area contributed by atoms with Crippen molar-refractivity contribution in [1.82, 2.24) is 14.9 Å². The van der Waals surface area contributed by atoms with Crippen LogP contribution < -0.4 is 5.32 Å². The Labute approximate surface area is 104 Å². The molecule has 0 unspecified atom stereocenters. The molecule has 0 saturated heterocycles. The molecule has 0 aliphatic rings. The topological polar surface area (TPSA) is 53.6 Å². The van der Waals surface area contributed by atoms with Gasteiger partial charge in [-0.1, -0.05) is 13.8 Å². The molecule has 4 heteroatoms. The lowest BCUT2D eigenvalue weighted by Crippen LogP contribution is -2.24. The molecule has 4 nitrogen and oxygen atoms in total. The fourth-order valence-electron chi connectivity index (χ4n) is 1.46. The molecule has 94 valence electrons. The van der Waals surface area contributed by atoms with Crippen LogP contribution in [-0.2, 0) is 13.1 Å². The van der Waals surface area contributed by atoms with Crippen molar-refractivity contribution in [2.24, 2.45) is 5.41 Å². The standard InChI is InChI=1S/C13H22N4/c1-11(2)16-9-12-15-6-8-17(12)7-5-13(3,4)10-14/h6,8,11,16H,5,7,9H2,1-4H3. The highest BCUT2D eigenvalue weighted by molar-refractivity contribution is 4.95. The van der Waals surface area contributed by atoms with Gasteiger partial charge in [0.1, 0.15) is 5.82 Å². The third kappa shape index (κ3) is 4.58. The van der Waals surface area contributed by atoms with Gasteiger partial charge in [0.25, 0.3) is 0 Å². The summed E-state index contributed by atoms with van der Waals surface area (Å²) in [5.74, 6) is 1.03. The van der Waals surface area contributed by atoms with Crippen LogP contribution in [0.15, 0.2) is 12.4 Å². The van der Waals surface area contributed by atoms with Crippen LogP contribution in [0.1, 0.15) is 39.9 Å². The number of aromatic nitrogens is 2. The quantitative estimate of drug-likeness (QED) is 0.822. The summed E-state index contributed by atoms with van der Waals surface area (Å²) >= 11 is 0. The van der Waals surface area contributed by atoms with E-state index < -0.39 is 0 Å². The van der Waals surface area contributed by atoms with Crippen LogP contribution in [0.5, 0.6) is 0 Å². The van der Waals surface area contributed by atoms with Gasteiger partial charge >= 0.3 is 0 Å². The largest absolute Gasteiger partial charge is 0.334 e. The molecule has 1 aromatic rings. The Kier molecular flexibility index (Phi) is 4.71. The van der Waals surface area contributed by atoms with Crippen LogP contribution >= 0.6 is 0 Å². The summed E-state index contributed by atoms with van der Waals surface area (Å²) in [6, 6.07) is 2.78. The zero-order valence-electron chi connectivity index (χ0n) is 11.2. The van der Waals surface area contributed by atoms with Gasteiger partial charge in [0, 0.05) is 25.0 Å². The molecule has 1 N–H and O–H groups in total. The number of hydrogen-bond donors (Lipinski definition) is 1. The van der Waals surface area contributed by atoms with E-state index in [-0.39, 0.29) is 5.41 Å². The van der Waals surface area contributed by atoms with E-state index in [1.807, 2.05) is 26.2 Å². The minimum absolute atomic E-state index is 0.271. The number of imidazole rings is 1. The van der Waals surface area contributed by atoms with E-state index in [0.29, 0.717) is 6.04 Å². The molecule has 1 rings (SSSR count). The zero-order chi connectivity index (χ0) is 12.9. The summed E-state index contributed by atoms with van der Waals surface area (Å²) in [7, 11) is 0. The fraction of sp³-hybridized carbons (Fsp3) is 0.692. The summed E-state index contributed by atoms with van der Waals surface area (Å²) in [6.45, 7) is 9.79. The Bertz CT molecular complexity index is 384. The number of aryl methyl sites for hydroxylation is 1. The molecule has 0 radical (unpaired) electrons. The first-order valence-electron chi connectivity index (χ1n) is 6.09. The minimum atomic E-state index is -0.271. The third-order valence-electron chi connectivity index (χ3n) is 2.75. The first-order chi connectivity index (χ1) is 7.94. The highest BCUT2D eigenvalue weighted by Crippen LogP contribution is 2.19. The molecular weight excluding hydrogens is 212 g/mol. The van der Waals surface area contributed by atoms with Crippen LogP contribution in [0.2, 0.25) is 0 Å². The SMILES string of the molecule is CC(C)NCc1nccn1CCC(C)(C)C#N. The van der Waals surface area contributed by atoms with Gasteiger partial charge in [0.05, 0.1) is 18.0 Å². The van der Waals surface area contributed by atoms with Crippen molar-refractivity contribution in [2.75, 3.05) is 0 Å². The third-order valence-corrected chi connectivity index (χ3v) is 2.75. The average Bonchev–Trinajstić information content (AvgIpc) is 2.71. The van der Waals surface area contributed by atoms with E-state index in [4.69, 9.17) is 5.26 Å². The number of hydrogen-bond acceptors (Lipinski definition) is 3. The van der Waals surface area contributed by atoms with Crippen LogP contribution in [-0.4, -0.2) is 15.6 Å². The van der Waals surface area contributed by atoms with Gasteiger partial charge in [0.2, 0.25) is 0 Å². The molecular formula is C13H22N4. The normalized spacial score (nSPS) is 11.8. The lowest BCUT2D eigenvalue weighted by molar-refractivity contribution is 0.405. The van der Waals surface area contributed by atoms with Crippen LogP contribution in [0.4, 0.5) is 0 Å². The first-order valence-corrected chi connectivity index (χ1v) is 6.09. The van der Waals surface area contributed by atoms with Gasteiger partial charge in [-0.05, 0) is 20.3 Å². The number of nitrogens with zero attached hydrogens (tertiary/aromatic N) is 3. The maximum absolute atomic E-state index is 8.98. The lowest BCUT2D eigenvalue weighted by atomic mass is 9.91. The van der Waals surface area contributed by atoms with Gasteiger partial charge < -0.3 is 9.88 Å². The number of nitrogens with one attached hydrogen (secondary N) is 1. The number of rotatable bonds is 6. The molecule has 0 aliphatic carbocycles. The predicted molar refractivity (Wildman–Crippen MR) is 68.2 cm³/mol. The monoisotopic (exact) mass is 234 g/mol. The minimum Gasteiger partial charge on any atom is -0.334 e. The van der Waals surface area contributed by atoms with Crippen molar-refractivity contribution < 1.29 is 0 Å². The van der Waals surface area contributed by atoms with E-state index in [2.05, 4.69) is 34.8 Å². The Hall–Kier alpha value is -1.34. The smallest absolute Gasteiger partial charge is 0.122 e. The van der Waals surface area contributed by atoms with Crippen molar-refractivity contribution in [3.63, 3.8) is 0 Å². The molecule has 0 aromatic carbocycles. The molecule has 0 saturated carbocycles. The highest BCUT2D eigenvalue weighted by Gasteiger charge is 2.16. The number of nitriles is 1. The van der Waals surface area contributed by atoms with Gasteiger partial charge in [-0.25, -0.2) is 4.98 Å². The predicted octanol–water partition coefficient (Wildman–Crippen LogP) is 2.32. The Morgan fingerprint density at radius 2 is 2.24 bits per heavy atom. The average molecular weight is 234 g/mol. The molecule has 0 atom stereocenters. The molecule has 0 aliphatic heterocycles. The second-order valence-electron chi connectivity index (χ2n) is 5.32. The first kappa shape index (κ1) is 13.7. The molecule has 0 amide bonds. The molecule has 1 heterocycles. The van der Waals surface area contributed by atoms with Crippen molar-refractivity contribution >= 4 is 0 Å². The maximum atomic E-state index is 8.98. The maximum Gasteiger partial charge on any atom is 0.122 e. The lowest BCUT2D eigenvalue weighted by Gasteiger charge is -2.16. The summed E-state index contributed by atoms with van der Waals surface area (Å²) in [6.07, 6.45) is 4.63. The van der Waals surface area contributed by atoms with Crippen molar-refractivity contribution in [3.8, 4) is 6.07 Å². The highest BCUT2D eigenvalue weighted by atomic mass is 15.1. The van der Waals surface area contributed by atoms with E-state index >= 15 is 0 Å². The van der Waals surface area contributed by atoms with E-state index in [0.717, 1.165) is 25.3 Å². The van der Waals surface area contributed by atoms with Gasteiger partial charge in [-0.15, -0.1) is 0 Å². The van der Waals surface area contributed by atoms with Crippen LogP contribution in [0.3, 0.4) is 0 Å². The van der Waals surface area contributed by atoms with Gasteiger partial charge in [0.15, 0.2) is 0 Å². The van der Waals surface area contributed by atoms with Gasteiger partial charge in [-0.2, -0.15) is 5.26 Å². The van der Waals surface area contributed by atoms with Crippen molar-refractivity contribution in [2.45, 2.75) is 53.2 Å². The van der Waals surface area contributed by atoms with Crippen molar-refractivity contribution in [3.05, 3.63) is 18.2 Å². The van der Waals surface area contributed by atoms with E-state index in [1.165, 1.54) is 0 Å². The fourth-order valence-corrected chi connectivity index (χ4v) is 1.46. The van der Waals surface area contributed by atoms with Crippen LogP contribution in [0.25, 0.3) is 0 Å².